The smallest absolute Gasteiger partial charge is 0.125 e. The van der Waals surface area contributed by atoms with Gasteiger partial charge in [-0.3, -0.25) is 4.68 Å². The van der Waals surface area contributed by atoms with Crippen LogP contribution in [-0.4, -0.2) is 28.6 Å². The lowest BCUT2D eigenvalue weighted by Crippen LogP contribution is -2.16. The Morgan fingerprint density at radius 1 is 1.44 bits per heavy atom. The minimum atomic E-state index is -0.244. The average Bonchev–Trinajstić information content (AvgIpc) is 2.77. The van der Waals surface area contributed by atoms with E-state index in [2.05, 4.69) is 10.3 Å². The second kappa shape index (κ2) is 5.59. The topological polar surface area (TPSA) is 60.0 Å². The zero-order chi connectivity index (χ0) is 13.0. The van der Waals surface area contributed by atoms with Crippen LogP contribution in [0.5, 0.6) is 0 Å². The minimum Gasteiger partial charge on any atom is -0.368 e. The fourth-order valence-corrected chi connectivity index (χ4v) is 1.70. The Hall–Kier alpha value is -1.95. The molecule has 1 aromatic heterocycles. The molecule has 1 heterocycles. The first-order chi connectivity index (χ1) is 8.69. The van der Waals surface area contributed by atoms with Gasteiger partial charge in [0.25, 0.3) is 0 Å². The first-order valence-electron chi connectivity index (χ1n) is 5.75. The zero-order valence-electron chi connectivity index (χ0n) is 10.3. The molecular weight excluding hydrogens is 233 g/mol. The maximum Gasteiger partial charge on any atom is 0.125 e. The molecule has 0 aliphatic heterocycles. The molecule has 0 atom stereocenters. The summed E-state index contributed by atoms with van der Waals surface area (Å²) in [5.74, 6) is -0.244. The first-order valence-corrected chi connectivity index (χ1v) is 5.75. The molecule has 2 N–H and O–H groups in total. The summed E-state index contributed by atoms with van der Waals surface area (Å²) in [5, 5.41) is 8.00. The van der Waals surface area contributed by atoms with Crippen molar-refractivity contribution in [3.05, 3.63) is 42.0 Å². The zero-order valence-corrected chi connectivity index (χ0v) is 10.3. The SMILES string of the molecule is CN(Cc1cn(CCN)nn1)c1cccc(F)c1. The summed E-state index contributed by atoms with van der Waals surface area (Å²) in [4.78, 5) is 1.92. The summed E-state index contributed by atoms with van der Waals surface area (Å²) < 4.78 is 14.8. The van der Waals surface area contributed by atoms with E-state index in [-0.39, 0.29) is 5.82 Å². The van der Waals surface area contributed by atoms with E-state index in [1.165, 1.54) is 12.1 Å². The second-order valence-corrected chi connectivity index (χ2v) is 4.10. The van der Waals surface area contributed by atoms with E-state index in [9.17, 15) is 4.39 Å². The Balaban J connectivity index is 2.04. The van der Waals surface area contributed by atoms with Crippen molar-refractivity contribution < 1.29 is 4.39 Å². The molecule has 1 aromatic carbocycles. The Kier molecular flexibility index (Phi) is 3.88. The Morgan fingerprint density at radius 2 is 2.28 bits per heavy atom. The number of aromatic nitrogens is 3. The van der Waals surface area contributed by atoms with Crippen LogP contribution in [0.1, 0.15) is 5.69 Å². The van der Waals surface area contributed by atoms with Crippen molar-refractivity contribution in [1.29, 1.82) is 0 Å². The molecule has 0 fully saturated rings. The number of hydrogen-bond acceptors (Lipinski definition) is 4. The molecule has 0 unspecified atom stereocenters. The maximum atomic E-state index is 13.1. The Morgan fingerprint density at radius 3 is 3.00 bits per heavy atom. The van der Waals surface area contributed by atoms with Gasteiger partial charge in [-0.05, 0) is 18.2 Å². The fraction of sp³-hybridized carbons (Fsp3) is 0.333. The lowest BCUT2D eigenvalue weighted by atomic mass is 10.3. The van der Waals surface area contributed by atoms with Gasteiger partial charge in [-0.1, -0.05) is 11.3 Å². The van der Waals surface area contributed by atoms with E-state index in [0.717, 1.165) is 11.4 Å². The predicted octanol–water partition coefficient (Wildman–Crippen LogP) is 1.01. The largest absolute Gasteiger partial charge is 0.368 e. The third-order valence-corrected chi connectivity index (χ3v) is 2.59. The summed E-state index contributed by atoms with van der Waals surface area (Å²) in [6.07, 6.45) is 1.85. The van der Waals surface area contributed by atoms with Crippen molar-refractivity contribution in [2.75, 3.05) is 18.5 Å². The normalized spacial score (nSPS) is 10.6. The lowest BCUT2D eigenvalue weighted by molar-refractivity contribution is 0.598. The molecule has 2 aromatic rings. The Labute approximate surface area is 105 Å². The number of rotatable bonds is 5. The van der Waals surface area contributed by atoms with Gasteiger partial charge in [0.05, 0.1) is 19.3 Å². The van der Waals surface area contributed by atoms with Crippen LogP contribution in [0.15, 0.2) is 30.5 Å². The highest BCUT2D eigenvalue weighted by Crippen LogP contribution is 2.15. The number of anilines is 1. The average molecular weight is 249 g/mol. The molecular formula is C12H16FN5. The van der Waals surface area contributed by atoms with Gasteiger partial charge < -0.3 is 10.6 Å². The lowest BCUT2D eigenvalue weighted by Gasteiger charge is -2.17. The van der Waals surface area contributed by atoms with Crippen LogP contribution in [0.4, 0.5) is 10.1 Å². The van der Waals surface area contributed by atoms with E-state index in [1.54, 1.807) is 10.7 Å². The van der Waals surface area contributed by atoms with Crippen LogP contribution in [0.3, 0.4) is 0 Å². The minimum absolute atomic E-state index is 0.244. The van der Waals surface area contributed by atoms with E-state index in [4.69, 9.17) is 5.73 Å². The molecule has 0 aliphatic rings. The second-order valence-electron chi connectivity index (χ2n) is 4.10. The van der Waals surface area contributed by atoms with E-state index in [0.29, 0.717) is 19.6 Å². The molecule has 18 heavy (non-hydrogen) atoms. The summed E-state index contributed by atoms with van der Waals surface area (Å²) >= 11 is 0. The van der Waals surface area contributed by atoms with Crippen molar-refractivity contribution in [2.45, 2.75) is 13.1 Å². The highest BCUT2D eigenvalue weighted by Gasteiger charge is 2.06. The predicted molar refractivity (Wildman–Crippen MR) is 67.6 cm³/mol. The third-order valence-electron chi connectivity index (χ3n) is 2.59. The van der Waals surface area contributed by atoms with Crippen LogP contribution in [0.2, 0.25) is 0 Å². The molecule has 0 spiro atoms. The number of hydrogen-bond donors (Lipinski definition) is 1. The molecule has 6 heteroatoms. The molecule has 0 saturated heterocycles. The monoisotopic (exact) mass is 249 g/mol. The quantitative estimate of drug-likeness (QED) is 0.859. The highest BCUT2D eigenvalue weighted by atomic mass is 19.1. The molecule has 96 valence electrons. The number of nitrogens with two attached hydrogens (primary N) is 1. The summed E-state index contributed by atoms with van der Waals surface area (Å²) in [5.41, 5.74) is 7.08. The van der Waals surface area contributed by atoms with Gasteiger partial charge in [0, 0.05) is 19.3 Å². The molecule has 2 rings (SSSR count). The van der Waals surface area contributed by atoms with Crippen molar-refractivity contribution in [3.8, 4) is 0 Å². The fourth-order valence-electron chi connectivity index (χ4n) is 1.70. The molecule has 0 saturated carbocycles. The van der Waals surface area contributed by atoms with E-state index >= 15 is 0 Å². The van der Waals surface area contributed by atoms with Crippen molar-refractivity contribution in [1.82, 2.24) is 15.0 Å². The van der Waals surface area contributed by atoms with Gasteiger partial charge in [-0.25, -0.2) is 4.39 Å². The van der Waals surface area contributed by atoms with Gasteiger partial charge in [0.1, 0.15) is 11.5 Å². The van der Waals surface area contributed by atoms with Crippen LogP contribution in [0.25, 0.3) is 0 Å². The van der Waals surface area contributed by atoms with Crippen LogP contribution in [0, 0.1) is 5.82 Å². The molecule has 5 nitrogen and oxygen atoms in total. The van der Waals surface area contributed by atoms with E-state index in [1.807, 2.05) is 24.2 Å². The first kappa shape index (κ1) is 12.5. The maximum absolute atomic E-state index is 13.1. The van der Waals surface area contributed by atoms with Crippen LogP contribution >= 0.6 is 0 Å². The van der Waals surface area contributed by atoms with Gasteiger partial charge in [0.2, 0.25) is 0 Å². The van der Waals surface area contributed by atoms with E-state index < -0.39 is 0 Å². The van der Waals surface area contributed by atoms with Crippen molar-refractivity contribution >= 4 is 5.69 Å². The number of benzene rings is 1. The van der Waals surface area contributed by atoms with Crippen molar-refractivity contribution in [2.24, 2.45) is 5.73 Å². The van der Waals surface area contributed by atoms with Gasteiger partial charge in [0.15, 0.2) is 0 Å². The highest BCUT2D eigenvalue weighted by molar-refractivity contribution is 5.45. The third kappa shape index (κ3) is 3.04. The number of halogens is 1. The Bertz CT molecular complexity index is 511. The number of nitrogens with zero attached hydrogens (tertiary/aromatic N) is 4. The molecule has 0 aliphatic carbocycles. The summed E-state index contributed by atoms with van der Waals surface area (Å²) in [7, 11) is 1.89. The van der Waals surface area contributed by atoms with Gasteiger partial charge in [-0.2, -0.15) is 0 Å². The van der Waals surface area contributed by atoms with Gasteiger partial charge >= 0.3 is 0 Å². The van der Waals surface area contributed by atoms with Gasteiger partial charge in [-0.15, -0.1) is 5.10 Å². The summed E-state index contributed by atoms with van der Waals surface area (Å²) in [6.45, 7) is 1.76. The summed E-state index contributed by atoms with van der Waals surface area (Å²) in [6, 6.07) is 6.46. The molecule has 0 amide bonds. The van der Waals surface area contributed by atoms with Crippen LogP contribution in [-0.2, 0) is 13.1 Å². The van der Waals surface area contributed by atoms with Crippen LogP contribution < -0.4 is 10.6 Å². The molecule has 0 bridgehead atoms. The van der Waals surface area contributed by atoms with Crippen molar-refractivity contribution in [3.63, 3.8) is 0 Å². The molecule has 0 radical (unpaired) electrons. The standard InChI is InChI=1S/C12H16FN5/c1-17(12-4-2-3-10(13)7-12)8-11-9-18(6-5-14)16-15-11/h2-4,7,9H,5-6,8,14H2,1H3.